The van der Waals surface area contributed by atoms with Gasteiger partial charge in [-0.25, -0.2) is 0 Å². The summed E-state index contributed by atoms with van der Waals surface area (Å²) in [7, 11) is 0. The van der Waals surface area contributed by atoms with Crippen LogP contribution in [0.15, 0.2) is 53.4 Å². The molecule has 2 aromatic carbocycles. The van der Waals surface area contributed by atoms with Crippen LogP contribution in [0.25, 0.3) is 0 Å². The third-order valence-electron chi connectivity index (χ3n) is 4.61. The Morgan fingerprint density at radius 1 is 1.00 bits per heavy atom. The second-order valence-electron chi connectivity index (χ2n) is 5.96. The molecule has 0 spiro atoms. The molecule has 2 unspecified atom stereocenters. The number of rotatable bonds is 3. The number of ether oxygens (including phenoxy) is 1. The number of hydrogen-bond donors (Lipinski definition) is 0. The van der Waals surface area contributed by atoms with Gasteiger partial charge in [-0.05, 0) is 42.0 Å². The van der Waals surface area contributed by atoms with Gasteiger partial charge in [0.2, 0.25) is 0 Å². The molecule has 0 bridgehead atoms. The van der Waals surface area contributed by atoms with Crippen LogP contribution in [0.2, 0.25) is 0 Å². The topological polar surface area (TPSA) is 9.23 Å². The monoisotopic (exact) mass is 296 g/mol. The molecule has 2 aliphatic rings. The fraction of sp³-hybridized carbons (Fsp3) is 0.368. The highest BCUT2D eigenvalue weighted by atomic mass is 32.2. The van der Waals surface area contributed by atoms with Gasteiger partial charge < -0.3 is 4.74 Å². The van der Waals surface area contributed by atoms with E-state index >= 15 is 0 Å². The Morgan fingerprint density at radius 3 is 2.76 bits per heavy atom. The van der Waals surface area contributed by atoms with Gasteiger partial charge in [-0.2, -0.15) is 0 Å². The number of benzene rings is 2. The van der Waals surface area contributed by atoms with E-state index in [1.165, 1.54) is 40.8 Å². The molecule has 2 aromatic rings. The molecular formula is C19H20OS. The number of aryl methyl sites for hydroxylation is 1. The zero-order valence-electron chi connectivity index (χ0n) is 12.1. The quantitative estimate of drug-likeness (QED) is 0.791. The molecule has 108 valence electrons. The minimum Gasteiger partial charge on any atom is -0.373 e. The van der Waals surface area contributed by atoms with Crippen LogP contribution in [0, 0.1) is 0 Å². The highest BCUT2D eigenvalue weighted by molar-refractivity contribution is 7.99. The minimum absolute atomic E-state index is 0.299. The van der Waals surface area contributed by atoms with E-state index in [1.54, 1.807) is 0 Å². The van der Waals surface area contributed by atoms with Crippen molar-refractivity contribution in [2.24, 2.45) is 0 Å². The van der Waals surface area contributed by atoms with Crippen LogP contribution < -0.4 is 0 Å². The van der Waals surface area contributed by atoms with Gasteiger partial charge in [0, 0.05) is 16.6 Å². The molecule has 0 aromatic heterocycles. The van der Waals surface area contributed by atoms with Crippen molar-refractivity contribution in [3.05, 3.63) is 65.2 Å². The van der Waals surface area contributed by atoms with Crippen LogP contribution in [0.3, 0.4) is 0 Å². The first-order valence-electron chi connectivity index (χ1n) is 7.83. The van der Waals surface area contributed by atoms with Crippen molar-refractivity contribution in [1.82, 2.24) is 0 Å². The lowest BCUT2D eigenvalue weighted by Gasteiger charge is -2.27. The molecule has 0 N–H and O–H groups in total. The molecule has 4 rings (SSSR count). The molecule has 0 saturated heterocycles. The first kappa shape index (κ1) is 13.4. The van der Waals surface area contributed by atoms with E-state index in [0.717, 1.165) is 12.4 Å². The molecule has 0 amide bonds. The van der Waals surface area contributed by atoms with E-state index in [4.69, 9.17) is 4.74 Å². The summed E-state index contributed by atoms with van der Waals surface area (Å²) >= 11 is 1.97. The summed E-state index contributed by atoms with van der Waals surface area (Å²) in [5, 5.41) is 0. The number of thioether (sulfide) groups is 1. The molecule has 21 heavy (non-hydrogen) atoms. The molecule has 0 radical (unpaired) electrons. The predicted molar refractivity (Wildman–Crippen MR) is 88.0 cm³/mol. The average Bonchev–Trinajstić information content (AvgIpc) is 2.96. The third kappa shape index (κ3) is 2.63. The first-order chi connectivity index (χ1) is 10.4. The number of fused-ring (bicyclic) bond motifs is 2. The van der Waals surface area contributed by atoms with Gasteiger partial charge in [-0.1, -0.05) is 42.5 Å². The summed E-state index contributed by atoms with van der Waals surface area (Å²) in [4.78, 5) is 1.44. The van der Waals surface area contributed by atoms with Gasteiger partial charge in [0.15, 0.2) is 0 Å². The van der Waals surface area contributed by atoms with E-state index in [1.807, 2.05) is 11.8 Å². The summed E-state index contributed by atoms with van der Waals surface area (Å²) < 4.78 is 6.34. The Labute approximate surface area is 130 Å². The lowest BCUT2D eigenvalue weighted by Crippen LogP contribution is -2.16. The lowest BCUT2D eigenvalue weighted by atomic mass is 9.89. The Morgan fingerprint density at radius 2 is 1.81 bits per heavy atom. The fourth-order valence-corrected chi connectivity index (χ4v) is 4.71. The van der Waals surface area contributed by atoms with Gasteiger partial charge in [-0.3, -0.25) is 0 Å². The smallest absolute Gasteiger partial charge is 0.0828 e. The van der Waals surface area contributed by atoms with Crippen LogP contribution in [-0.2, 0) is 11.2 Å². The van der Waals surface area contributed by atoms with Crippen LogP contribution >= 0.6 is 11.8 Å². The summed E-state index contributed by atoms with van der Waals surface area (Å²) in [5.74, 6) is 1.72. The molecular weight excluding hydrogens is 276 g/mol. The highest BCUT2D eigenvalue weighted by Crippen LogP contribution is 2.41. The maximum atomic E-state index is 6.34. The standard InChI is InChI=1S/C19H20OS/c1-2-8-16-14(6-1)7-5-10-18(16)20-12-15-13-21-19-11-4-3-9-17(15)19/h1-4,6,8-9,11,15,18H,5,7,10,12-13H2. The van der Waals surface area contributed by atoms with E-state index in [0.29, 0.717) is 12.0 Å². The van der Waals surface area contributed by atoms with E-state index in [-0.39, 0.29) is 0 Å². The zero-order valence-corrected chi connectivity index (χ0v) is 12.9. The van der Waals surface area contributed by atoms with Crippen molar-refractivity contribution in [3.8, 4) is 0 Å². The maximum absolute atomic E-state index is 6.34. The normalized spacial score (nSPS) is 23.6. The third-order valence-corrected chi connectivity index (χ3v) is 5.86. The van der Waals surface area contributed by atoms with Crippen LogP contribution in [-0.4, -0.2) is 12.4 Å². The molecule has 0 fully saturated rings. The Balaban J connectivity index is 1.47. The first-order valence-corrected chi connectivity index (χ1v) is 8.81. The molecule has 2 heteroatoms. The fourth-order valence-electron chi connectivity index (χ4n) is 3.48. The van der Waals surface area contributed by atoms with Crippen LogP contribution in [0.1, 0.15) is 41.6 Å². The van der Waals surface area contributed by atoms with Crippen molar-refractivity contribution in [1.29, 1.82) is 0 Å². The van der Waals surface area contributed by atoms with E-state index in [2.05, 4.69) is 48.5 Å². The van der Waals surface area contributed by atoms with Crippen molar-refractivity contribution >= 4 is 11.8 Å². The van der Waals surface area contributed by atoms with Gasteiger partial charge in [0.25, 0.3) is 0 Å². The van der Waals surface area contributed by atoms with Gasteiger partial charge >= 0.3 is 0 Å². The van der Waals surface area contributed by atoms with E-state index < -0.39 is 0 Å². The van der Waals surface area contributed by atoms with Gasteiger partial charge in [0.1, 0.15) is 0 Å². The van der Waals surface area contributed by atoms with Gasteiger partial charge in [0.05, 0.1) is 12.7 Å². The Bertz CT molecular complexity index is 637. The Hall–Kier alpha value is -1.25. The summed E-state index contributed by atoms with van der Waals surface area (Å²) in [6, 6.07) is 17.6. The van der Waals surface area contributed by atoms with Gasteiger partial charge in [-0.15, -0.1) is 11.8 Å². The van der Waals surface area contributed by atoms with Crippen molar-refractivity contribution < 1.29 is 4.74 Å². The highest BCUT2D eigenvalue weighted by Gasteiger charge is 2.26. The molecule has 0 saturated carbocycles. The van der Waals surface area contributed by atoms with Crippen molar-refractivity contribution in [2.75, 3.05) is 12.4 Å². The average molecular weight is 296 g/mol. The molecule has 1 aliphatic carbocycles. The Kier molecular flexibility index (Phi) is 3.74. The maximum Gasteiger partial charge on any atom is 0.0828 e. The molecule has 1 nitrogen and oxygen atoms in total. The lowest BCUT2D eigenvalue weighted by molar-refractivity contribution is 0.0343. The molecule has 1 aliphatic heterocycles. The van der Waals surface area contributed by atoms with Crippen LogP contribution in [0.5, 0.6) is 0 Å². The minimum atomic E-state index is 0.299. The van der Waals surface area contributed by atoms with Crippen molar-refractivity contribution in [2.45, 2.75) is 36.2 Å². The molecule has 1 heterocycles. The predicted octanol–water partition coefficient (Wildman–Crippen LogP) is 4.97. The second-order valence-corrected chi connectivity index (χ2v) is 7.02. The number of hydrogen-bond acceptors (Lipinski definition) is 2. The summed E-state index contributed by atoms with van der Waals surface area (Å²) in [5.41, 5.74) is 4.38. The molecule has 2 atom stereocenters. The SMILES string of the molecule is c1ccc2c(c1)CCCC2OCC1CSc2ccccc21. The van der Waals surface area contributed by atoms with E-state index in [9.17, 15) is 0 Å². The summed E-state index contributed by atoms with van der Waals surface area (Å²) in [6.45, 7) is 0.850. The second kappa shape index (κ2) is 5.86. The van der Waals surface area contributed by atoms with Crippen molar-refractivity contribution in [3.63, 3.8) is 0 Å². The van der Waals surface area contributed by atoms with Crippen LogP contribution in [0.4, 0.5) is 0 Å². The zero-order chi connectivity index (χ0) is 14.1. The largest absolute Gasteiger partial charge is 0.373 e. The summed E-state index contributed by atoms with van der Waals surface area (Å²) in [6.07, 6.45) is 3.92.